The molecule has 0 saturated heterocycles. The second-order valence-electron chi connectivity index (χ2n) is 7.13. The Labute approximate surface area is 186 Å². The SMILES string of the molecule is CCc1ccccc1OCC(=O)NCc1cccc(-c2nc(-c3ccccc3)cs2)c1. The van der Waals surface area contributed by atoms with Crippen LogP contribution in [0.4, 0.5) is 0 Å². The molecule has 0 bridgehead atoms. The zero-order chi connectivity index (χ0) is 21.5. The Morgan fingerprint density at radius 2 is 1.74 bits per heavy atom. The molecule has 0 aliphatic carbocycles. The first-order valence-corrected chi connectivity index (χ1v) is 11.2. The van der Waals surface area contributed by atoms with Gasteiger partial charge in [0.05, 0.1) is 5.69 Å². The van der Waals surface area contributed by atoms with E-state index in [0.29, 0.717) is 6.54 Å². The smallest absolute Gasteiger partial charge is 0.258 e. The molecule has 0 fully saturated rings. The van der Waals surface area contributed by atoms with E-state index in [0.717, 1.165) is 45.1 Å². The van der Waals surface area contributed by atoms with Crippen LogP contribution in [-0.2, 0) is 17.8 Å². The Morgan fingerprint density at radius 1 is 0.968 bits per heavy atom. The lowest BCUT2D eigenvalue weighted by Gasteiger charge is -2.11. The summed E-state index contributed by atoms with van der Waals surface area (Å²) in [5, 5.41) is 5.97. The van der Waals surface area contributed by atoms with E-state index in [-0.39, 0.29) is 12.5 Å². The van der Waals surface area contributed by atoms with E-state index in [2.05, 4.69) is 35.8 Å². The molecule has 4 aromatic rings. The van der Waals surface area contributed by atoms with Gasteiger partial charge in [-0.05, 0) is 29.7 Å². The summed E-state index contributed by atoms with van der Waals surface area (Å²) in [6.07, 6.45) is 0.868. The van der Waals surface area contributed by atoms with Gasteiger partial charge in [-0.25, -0.2) is 4.98 Å². The Kier molecular flexibility index (Phi) is 6.75. The van der Waals surface area contributed by atoms with Gasteiger partial charge in [0.2, 0.25) is 0 Å². The first-order chi connectivity index (χ1) is 15.2. The predicted octanol–water partition coefficient (Wildman–Crippen LogP) is 5.73. The first-order valence-electron chi connectivity index (χ1n) is 10.3. The van der Waals surface area contributed by atoms with Crippen LogP contribution >= 0.6 is 11.3 Å². The van der Waals surface area contributed by atoms with E-state index in [1.165, 1.54) is 0 Å². The maximum atomic E-state index is 12.3. The number of rotatable bonds is 8. The van der Waals surface area contributed by atoms with E-state index in [4.69, 9.17) is 9.72 Å². The van der Waals surface area contributed by atoms with Crippen molar-refractivity contribution in [1.29, 1.82) is 0 Å². The summed E-state index contributed by atoms with van der Waals surface area (Å²) >= 11 is 1.62. The molecule has 0 aliphatic heterocycles. The highest BCUT2D eigenvalue weighted by Gasteiger charge is 2.09. The molecule has 1 aromatic heterocycles. The van der Waals surface area contributed by atoms with Crippen molar-refractivity contribution in [1.82, 2.24) is 10.3 Å². The number of ether oxygens (including phenoxy) is 1. The van der Waals surface area contributed by atoms with E-state index >= 15 is 0 Å². The molecule has 0 aliphatic rings. The van der Waals surface area contributed by atoms with Gasteiger partial charge in [0.1, 0.15) is 10.8 Å². The zero-order valence-electron chi connectivity index (χ0n) is 17.4. The molecule has 0 saturated carbocycles. The number of thiazole rings is 1. The third-order valence-electron chi connectivity index (χ3n) is 4.95. The summed E-state index contributed by atoms with van der Waals surface area (Å²) in [5.41, 5.74) is 5.26. The highest BCUT2D eigenvalue weighted by molar-refractivity contribution is 7.13. The fourth-order valence-electron chi connectivity index (χ4n) is 3.29. The van der Waals surface area contributed by atoms with Crippen molar-refractivity contribution < 1.29 is 9.53 Å². The normalized spacial score (nSPS) is 10.6. The molecule has 1 heterocycles. The Hall–Kier alpha value is -3.44. The molecule has 5 heteroatoms. The monoisotopic (exact) mass is 428 g/mol. The summed E-state index contributed by atoms with van der Waals surface area (Å²) in [5.74, 6) is 0.622. The number of nitrogens with one attached hydrogen (secondary N) is 1. The van der Waals surface area contributed by atoms with Gasteiger partial charge in [-0.3, -0.25) is 4.79 Å². The van der Waals surface area contributed by atoms with E-state index < -0.39 is 0 Å². The number of nitrogens with zero attached hydrogens (tertiary/aromatic N) is 1. The highest BCUT2D eigenvalue weighted by atomic mass is 32.1. The van der Waals surface area contributed by atoms with E-state index in [1.54, 1.807) is 11.3 Å². The van der Waals surface area contributed by atoms with Gasteiger partial charge in [0, 0.05) is 23.1 Å². The lowest BCUT2D eigenvalue weighted by molar-refractivity contribution is -0.123. The van der Waals surface area contributed by atoms with E-state index in [9.17, 15) is 4.79 Å². The summed E-state index contributed by atoms with van der Waals surface area (Å²) in [4.78, 5) is 17.0. The Bertz CT molecular complexity index is 1150. The molecular formula is C26H24N2O2S. The van der Waals surface area contributed by atoms with Crippen molar-refractivity contribution in [3.8, 4) is 27.6 Å². The fourth-order valence-corrected chi connectivity index (χ4v) is 4.12. The largest absolute Gasteiger partial charge is 0.483 e. The number of para-hydroxylation sites is 1. The van der Waals surface area contributed by atoms with Crippen LogP contribution in [0.5, 0.6) is 5.75 Å². The molecule has 3 aromatic carbocycles. The topological polar surface area (TPSA) is 51.2 Å². The Morgan fingerprint density at radius 3 is 2.58 bits per heavy atom. The average molecular weight is 429 g/mol. The van der Waals surface area contributed by atoms with Crippen LogP contribution in [0.15, 0.2) is 84.2 Å². The lowest BCUT2D eigenvalue weighted by atomic mass is 10.1. The second-order valence-corrected chi connectivity index (χ2v) is 7.99. The van der Waals surface area contributed by atoms with Crippen molar-refractivity contribution in [2.24, 2.45) is 0 Å². The number of benzene rings is 3. The van der Waals surface area contributed by atoms with Gasteiger partial charge >= 0.3 is 0 Å². The van der Waals surface area contributed by atoms with Crippen LogP contribution in [0.2, 0.25) is 0 Å². The van der Waals surface area contributed by atoms with Crippen molar-refractivity contribution in [3.05, 3.63) is 95.4 Å². The zero-order valence-corrected chi connectivity index (χ0v) is 18.2. The van der Waals surface area contributed by atoms with Gasteiger partial charge in [-0.1, -0.05) is 73.7 Å². The van der Waals surface area contributed by atoms with Crippen LogP contribution in [-0.4, -0.2) is 17.5 Å². The van der Waals surface area contributed by atoms with Gasteiger partial charge in [0.25, 0.3) is 5.91 Å². The average Bonchev–Trinajstić information content (AvgIpc) is 3.33. The second kappa shape index (κ2) is 10.0. The molecule has 0 unspecified atom stereocenters. The van der Waals surface area contributed by atoms with Crippen LogP contribution in [0.25, 0.3) is 21.8 Å². The lowest BCUT2D eigenvalue weighted by Crippen LogP contribution is -2.28. The van der Waals surface area contributed by atoms with Crippen molar-refractivity contribution >= 4 is 17.2 Å². The quantitative estimate of drug-likeness (QED) is 0.390. The number of carbonyl (C=O) groups is 1. The first kappa shape index (κ1) is 20.8. The van der Waals surface area contributed by atoms with Crippen LogP contribution in [0.1, 0.15) is 18.1 Å². The van der Waals surface area contributed by atoms with Gasteiger partial charge in [-0.15, -0.1) is 11.3 Å². The number of amides is 1. The van der Waals surface area contributed by atoms with E-state index in [1.807, 2.05) is 60.7 Å². The van der Waals surface area contributed by atoms with Crippen molar-refractivity contribution in [3.63, 3.8) is 0 Å². The fraction of sp³-hybridized carbons (Fsp3) is 0.154. The van der Waals surface area contributed by atoms with Crippen LogP contribution in [0.3, 0.4) is 0 Å². The third kappa shape index (κ3) is 5.38. The molecule has 0 radical (unpaired) electrons. The molecule has 0 spiro atoms. The molecule has 4 rings (SSSR count). The minimum absolute atomic E-state index is 0.00359. The van der Waals surface area contributed by atoms with Crippen LogP contribution in [0, 0.1) is 0 Å². The summed E-state index contributed by atoms with van der Waals surface area (Å²) in [6.45, 7) is 2.52. The summed E-state index contributed by atoms with van der Waals surface area (Å²) in [7, 11) is 0. The molecule has 4 nitrogen and oxygen atoms in total. The summed E-state index contributed by atoms with van der Waals surface area (Å²) < 4.78 is 5.70. The number of hydrogen-bond acceptors (Lipinski definition) is 4. The maximum Gasteiger partial charge on any atom is 0.258 e. The highest BCUT2D eigenvalue weighted by Crippen LogP contribution is 2.29. The van der Waals surface area contributed by atoms with Crippen molar-refractivity contribution in [2.75, 3.05) is 6.61 Å². The maximum absolute atomic E-state index is 12.3. The molecule has 0 atom stereocenters. The standard InChI is InChI=1S/C26H24N2O2S/c1-2-20-10-6-7-14-24(20)30-17-25(29)27-16-19-9-8-13-22(15-19)26-28-23(18-31-26)21-11-4-3-5-12-21/h3-15,18H,2,16-17H2,1H3,(H,27,29). The van der Waals surface area contributed by atoms with Crippen molar-refractivity contribution in [2.45, 2.75) is 19.9 Å². The minimum atomic E-state index is -0.142. The number of carbonyl (C=O) groups excluding carboxylic acids is 1. The number of aryl methyl sites for hydroxylation is 1. The van der Waals surface area contributed by atoms with Gasteiger partial charge in [0.15, 0.2) is 6.61 Å². The summed E-state index contributed by atoms with van der Waals surface area (Å²) in [6, 6.07) is 26.1. The molecule has 1 amide bonds. The molecular weight excluding hydrogens is 404 g/mol. The molecule has 1 N–H and O–H groups in total. The Balaban J connectivity index is 1.36. The molecule has 156 valence electrons. The third-order valence-corrected chi connectivity index (χ3v) is 5.84. The minimum Gasteiger partial charge on any atom is -0.483 e. The van der Waals surface area contributed by atoms with Gasteiger partial charge < -0.3 is 10.1 Å². The number of hydrogen-bond donors (Lipinski definition) is 1. The number of aromatic nitrogens is 1. The predicted molar refractivity (Wildman–Crippen MR) is 126 cm³/mol. The van der Waals surface area contributed by atoms with Crippen LogP contribution < -0.4 is 10.1 Å². The van der Waals surface area contributed by atoms with Gasteiger partial charge in [-0.2, -0.15) is 0 Å². The molecule has 31 heavy (non-hydrogen) atoms.